The van der Waals surface area contributed by atoms with Crippen molar-refractivity contribution in [2.75, 3.05) is 6.54 Å². The fraction of sp³-hybridized carbons (Fsp3) is 0.556. The van der Waals surface area contributed by atoms with Crippen LogP contribution in [0.15, 0.2) is 22.5 Å². The first-order valence-electron chi connectivity index (χ1n) is 4.92. The van der Waals surface area contributed by atoms with Gasteiger partial charge in [0.05, 0.1) is 6.54 Å². The topological polar surface area (TPSA) is 45.8 Å². The third-order valence-corrected chi connectivity index (χ3v) is 2.80. The molecule has 0 aliphatic carbocycles. The summed E-state index contributed by atoms with van der Waals surface area (Å²) in [5.74, 6) is 0. The third kappa shape index (κ3) is 1.90. The number of hydrogen-bond acceptors (Lipinski definition) is 3. The van der Waals surface area contributed by atoms with Crippen LogP contribution >= 0.6 is 12.2 Å². The summed E-state index contributed by atoms with van der Waals surface area (Å²) in [5.41, 5.74) is 1.12. The normalized spacial score (nSPS) is 20.3. The smallest absolute Gasteiger partial charge is 0.217 e. The van der Waals surface area contributed by atoms with E-state index in [1.54, 1.807) is 6.20 Å². The van der Waals surface area contributed by atoms with Gasteiger partial charge in [0.15, 0.2) is 6.17 Å². The first-order chi connectivity index (χ1) is 7.22. The number of nitrogens with zero attached hydrogens (tertiary/aromatic N) is 5. The molecule has 1 aliphatic heterocycles. The Morgan fingerprint density at radius 3 is 2.93 bits per heavy atom. The SMILES string of the molecule is CCN1C(=S)N=NC1Cn1nccc1C. The van der Waals surface area contributed by atoms with Crippen molar-refractivity contribution in [1.82, 2.24) is 14.7 Å². The minimum absolute atomic E-state index is 0.00102. The maximum atomic E-state index is 5.08. The van der Waals surface area contributed by atoms with Gasteiger partial charge < -0.3 is 4.90 Å². The van der Waals surface area contributed by atoms with Crippen LogP contribution in [0.25, 0.3) is 0 Å². The number of rotatable bonds is 3. The summed E-state index contributed by atoms with van der Waals surface area (Å²) in [7, 11) is 0. The maximum absolute atomic E-state index is 5.08. The van der Waals surface area contributed by atoms with Gasteiger partial charge in [-0.2, -0.15) is 10.2 Å². The molecule has 5 nitrogen and oxygen atoms in total. The van der Waals surface area contributed by atoms with Gasteiger partial charge >= 0.3 is 0 Å². The number of azo groups is 1. The number of aryl methyl sites for hydroxylation is 1. The van der Waals surface area contributed by atoms with E-state index in [0.717, 1.165) is 12.2 Å². The Bertz CT molecular complexity index is 397. The zero-order valence-electron chi connectivity index (χ0n) is 8.79. The first kappa shape index (κ1) is 10.2. The minimum Gasteiger partial charge on any atom is -0.321 e. The van der Waals surface area contributed by atoms with Crippen molar-refractivity contribution in [1.29, 1.82) is 0 Å². The molecule has 80 valence electrons. The highest BCUT2D eigenvalue weighted by Crippen LogP contribution is 2.15. The molecule has 0 aromatic carbocycles. The summed E-state index contributed by atoms with van der Waals surface area (Å²) in [5, 5.41) is 12.8. The molecular weight excluding hydrogens is 210 g/mol. The van der Waals surface area contributed by atoms with Crippen LogP contribution in [0.2, 0.25) is 0 Å². The number of hydrogen-bond donors (Lipinski definition) is 0. The number of aromatic nitrogens is 2. The van der Waals surface area contributed by atoms with Gasteiger partial charge in [0.1, 0.15) is 0 Å². The van der Waals surface area contributed by atoms with Crippen molar-refractivity contribution >= 4 is 17.3 Å². The molecule has 0 saturated carbocycles. The molecule has 1 aliphatic rings. The molecule has 2 rings (SSSR count). The van der Waals surface area contributed by atoms with E-state index in [2.05, 4.69) is 15.3 Å². The van der Waals surface area contributed by atoms with E-state index < -0.39 is 0 Å². The molecule has 1 aromatic rings. The van der Waals surface area contributed by atoms with E-state index in [1.165, 1.54) is 0 Å². The molecule has 1 unspecified atom stereocenters. The van der Waals surface area contributed by atoms with Gasteiger partial charge in [-0.25, -0.2) is 0 Å². The molecular formula is C9H13N5S. The van der Waals surface area contributed by atoms with Crippen LogP contribution in [-0.4, -0.2) is 32.5 Å². The lowest BCUT2D eigenvalue weighted by atomic mass is 10.4. The number of thiocarbonyl (C=S) groups is 1. The van der Waals surface area contributed by atoms with Gasteiger partial charge in [-0.1, -0.05) is 0 Å². The van der Waals surface area contributed by atoms with Crippen LogP contribution in [0, 0.1) is 6.92 Å². The van der Waals surface area contributed by atoms with Crippen LogP contribution in [0.5, 0.6) is 0 Å². The van der Waals surface area contributed by atoms with E-state index in [9.17, 15) is 0 Å². The van der Waals surface area contributed by atoms with Gasteiger partial charge in [0.2, 0.25) is 5.11 Å². The molecule has 0 saturated heterocycles. The standard InChI is InChI=1S/C9H13N5S/c1-3-13-8(11-12-9(13)15)6-14-7(2)4-5-10-14/h4-5,8H,3,6H2,1-2H3. The van der Waals surface area contributed by atoms with Gasteiger partial charge in [-0.05, 0) is 32.1 Å². The van der Waals surface area contributed by atoms with Crippen molar-refractivity contribution in [2.45, 2.75) is 26.6 Å². The second-order valence-electron chi connectivity index (χ2n) is 3.42. The fourth-order valence-electron chi connectivity index (χ4n) is 1.59. The quantitative estimate of drug-likeness (QED) is 0.731. The van der Waals surface area contributed by atoms with E-state index in [0.29, 0.717) is 11.7 Å². The zero-order chi connectivity index (χ0) is 10.8. The van der Waals surface area contributed by atoms with Crippen molar-refractivity contribution in [3.63, 3.8) is 0 Å². The van der Waals surface area contributed by atoms with Crippen LogP contribution in [0.3, 0.4) is 0 Å². The molecule has 0 spiro atoms. The summed E-state index contributed by atoms with van der Waals surface area (Å²) in [6, 6.07) is 1.97. The molecule has 0 amide bonds. The highest BCUT2D eigenvalue weighted by molar-refractivity contribution is 7.80. The van der Waals surface area contributed by atoms with Crippen LogP contribution in [-0.2, 0) is 6.54 Å². The van der Waals surface area contributed by atoms with E-state index in [4.69, 9.17) is 12.2 Å². The largest absolute Gasteiger partial charge is 0.321 e. The average Bonchev–Trinajstić information content (AvgIpc) is 2.76. The summed E-state index contributed by atoms with van der Waals surface area (Å²) in [4.78, 5) is 2.00. The molecule has 1 aromatic heterocycles. The molecule has 2 heterocycles. The summed E-state index contributed by atoms with van der Waals surface area (Å²) in [6.07, 6.45) is 1.79. The second-order valence-corrected chi connectivity index (χ2v) is 3.78. The Morgan fingerprint density at radius 2 is 2.33 bits per heavy atom. The molecule has 15 heavy (non-hydrogen) atoms. The predicted molar refractivity (Wildman–Crippen MR) is 60.6 cm³/mol. The summed E-state index contributed by atoms with van der Waals surface area (Å²) < 4.78 is 1.92. The minimum atomic E-state index is 0.00102. The van der Waals surface area contributed by atoms with Crippen LogP contribution in [0.4, 0.5) is 0 Å². The fourth-order valence-corrected chi connectivity index (χ4v) is 1.89. The van der Waals surface area contributed by atoms with Crippen LogP contribution < -0.4 is 0 Å². The van der Waals surface area contributed by atoms with Crippen molar-refractivity contribution in [3.05, 3.63) is 18.0 Å². The first-order valence-corrected chi connectivity index (χ1v) is 5.33. The van der Waals surface area contributed by atoms with Gasteiger partial charge in [0, 0.05) is 18.4 Å². The van der Waals surface area contributed by atoms with Crippen molar-refractivity contribution in [2.24, 2.45) is 10.2 Å². The maximum Gasteiger partial charge on any atom is 0.217 e. The van der Waals surface area contributed by atoms with Crippen molar-refractivity contribution < 1.29 is 0 Å². The highest BCUT2D eigenvalue weighted by atomic mass is 32.1. The zero-order valence-corrected chi connectivity index (χ0v) is 9.61. The predicted octanol–water partition coefficient (Wildman–Crippen LogP) is 1.59. The third-order valence-electron chi connectivity index (χ3n) is 2.49. The molecule has 0 N–H and O–H groups in total. The Kier molecular flexibility index (Phi) is 2.77. The van der Waals surface area contributed by atoms with Crippen molar-refractivity contribution in [3.8, 4) is 0 Å². The molecule has 1 atom stereocenters. The lowest BCUT2D eigenvalue weighted by Crippen LogP contribution is -2.35. The molecule has 0 fully saturated rings. The molecule has 0 bridgehead atoms. The summed E-state index contributed by atoms with van der Waals surface area (Å²) in [6.45, 7) is 5.60. The Morgan fingerprint density at radius 1 is 1.53 bits per heavy atom. The Balaban J connectivity index is 2.10. The second kappa shape index (κ2) is 4.06. The average molecular weight is 223 g/mol. The van der Waals surface area contributed by atoms with Gasteiger partial charge in [-0.15, -0.1) is 5.11 Å². The van der Waals surface area contributed by atoms with Crippen LogP contribution in [0.1, 0.15) is 12.6 Å². The summed E-state index contributed by atoms with van der Waals surface area (Å²) >= 11 is 5.08. The lowest BCUT2D eigenvalue weighted by molar-refractivity contribution is 0.307. The monoisotopic (exact) mass is 223 g/mol. The Labute approximate surface area is 93.8 Å². The Hall–Kier alpha value is -1.30. The lowest BCUT2D eigenvalue weighted by Gasteiger charge is -2.21. The number of likely N-dealkylation sites (N-methyl/N-ethyl adjacent to an activating group) is 1. The highest BCUT2D eigenvalue weighted by Gasteiger charge is 2.25. The van der Waals surface area contributed by atoms with E-state index >= 15 is 0 Å². The molecule has 6 heteroatoms. The van der Waals surface area contributed by atoms with Gasteiger partial charge in [0.25, 0.3) is 0 Å². The molecule has 0 radical (unpaired) electrons. The van der Waals surface area contributed by atoms with Gasteiger partial charge in [-0.3, -0.25) is 4.68 Å². The van der Waals surface area contributed by atoms with E-state index in [1.807, 2.05) is 29.5 Å². The van der Waals surface area contributed by atoms with E-state index in [-0.39, 0.29) is 6.17 Å².